The average Bonchev–Trinajstić information content (AvgIpc) is 2.46. The summed E-state index contributed by atoms with van der Waals surface area (Å²) in [5.41, 5.74) is 4.71. The molecule has 0 unspecified atom stereocenters. The summed E-state index contributed by atoms with van der Waals surface area (Å²) in [6, 6.07) is 6.69. The fourth-order valence-electron chi connectivity index (χ4n) is 1.97. The van der Waals surface area contributed by atoms with Crippen LogP contribution in [0.25, 0.3) is 0 Å². The van der Waals surface area contributed by atoms with Crippen molar-refractivity contribution in [3.63, 3.8) is 0 Å². The molecule has 1 aliphatic rings. The van der Waals surface area contributed by atoms with Crippen LogP contribution in [0.4, 0.5) is 0 Å². The van der Waals surface area contributed by atoms with Gasteiger partial charge in [0, 0.05) is 0 Å². The highest BCUT2D eigenvalue weighted by Crippen LogP contribution is 2.23. The summed E-state index contributed by atoms with van der Waals surface area (Å²) < 4.78 is 0. The highest BCUT2D eigenvalue weighted by Gasteiger charge is 2.09. The van der Waals surface area contributed by atoms with Crippen molar-refractivity contribution >= 4 is 0 Å². The lowest BCUT2D eigenvalue weighted by atomic mass is 9.89. The summed E-state index contributed by atoms with van der Waals surface area (Å²) in [6.07, 6.45) is 5.38. The van der Waals surface area contributed by atoms with E-state index in [0.29, 0.717) is 0 Å². The molecule has 0 aliphatic heterocycles. The molecule has 100 valence electrons. The van der Waals surface area contributed by atoms with Crippen molar-refractivity contribution in [1.82, 2.24) is 0 Å². The smallest absolute Gasteiger partial charge is 0.0273 e. The van der Waals surface area contributed by atoms with Gasteiger partial charge in [-0.1, -0.05) is 59.7 Å². The van der Waals surface area contributed by atoms with Gasteiger partial charge in [0.05, 0.1) is 0 Å². The van der Waals surface area contributed by atoms with E-state index in [1.165, 1.54) is 31.2 Å². The highest BCUT2D eigenvalue weighted by atomic mass is 14.1. The molecule has 0 spiro atoms. The Labute approximate surface area is 109 Å². The number of rotatable bonds is 0. The molecule has 0 saturated carbocycles. The lowest BCUT2D eigenvalue weighted by Crippen LogP contribution is -2.03. The minimum atomic E-state index is 1.30. The molecule has 0 heterocycles. The number of hydrogen-bond acceptors (Lipinski definition) is 0. The van der Waals surface area contributed by atoms with Gasteiger partial charge in [0.15, 0.2) is 0 Å². The molecule has 0 bridgehead atoms. The van der Waals surface area contributed by atoms with Crippen LogP contribution in [0.5, 0.6) is 0 Å². The predicted molar refractivity (Wildman–Crippen MR) is 81.9 cm³/mol. The molecule has 0 nitrogen and oxygen atoms in total. The van der Waals surface area contributed by atoms with Gasteiger partial charge >= 0.3 is 0 Å². The van der Waals surface area contributed by atoms with Crippen molar-refractivity contribution in [2.75, 3.05) is 0 Å². The maximum Gasteiger partial charge on any atom is -0.0273 e. The molecule has 0 amide bonds. The summed E-state index contributed by atoms with van der Waals surface area (Å²) in [6.45, 7) is 14.2. The predicted octanol–water partition coefficient (Wildman–Crippen LogP) is 5.95. The second-order valence-corrected chi connectivity index (χ2v) is 3.42. The van der Waals surface area contributed by atoms with Crippen LogP contribution >= 0.6 is 0 Å². The number of fused-ring (bicyclic) bond motifs is 1. The van der Waals surface area contributed by atoms with Crippen molar-refractivity contribution in [2.24, 2.45) is 0 Å². The highest BCUT2D eigenvalue weighted by molar-refractivity contribution is 5.35. The Hall–Kier alpha value is -0.780. The van der Waals surface area contributed by atoms with Crippen molar-refractivity contribution in [3.8, 4) is 0 Å². The molecule has 0 fully saturated rings. The standard InChI is InChI=1S/C11H14.3C2H6/c1-9-5-4-7-10-6-2-3-8-11(9)10;3*1-2/h4-5,7H,2-3,6,8H2,1H3;3*1-2H3. The van der Waals surface area contributed by atoms with Crippen LogP contribution in [0.15, 0.2) is 18.2 Å². The zero-order valence-corrected chi connectivity index (χ0v) is 13.1. The molecule has 1 aromatic carbocycles. The molecule has 2 rings (SSSR count). The number of benzene rings is 1. The lowest BCUT2D eigenvalue weighted by molar-refractivity contribution is 0.682. The second-order valence-electron chi connectivity index (χ2n) is 3.42. The molecule has 0 radical (unpaired) electrons. The van der Waals surface area contributed by atoms with Crippen LogP contribution < -0.4 is 0 Å². The Bertz CT molecular complexity index is 261. The Balaban J connectivity index is 0. The first kappa shape index (κ1) is 18.6. The van der Waals surface area contributed by atoms with E-state index in [4.69, 9.17) is 0 Å². The first-order valence-corrected chi connectivity index (χ1v) is 7.45. The summed E-state index contributed by atoms with van der Waals surface area (Å²) in [5.74, 6) is 0. The van der Waals surface area contributed by atoms with Crippen LogP contribution in [0.3, 0.4) is 0 Å². The summed E-state index contributed by atoms with van der Waals surface area (Å²) in [4.78, 5) is 0. The minimum absolute atomic E-state index is 1.30. The Kier molecular flexibility index (Phi) is 14.5. The molecule has 0 heteroatoms. The van der Waals surface area contributed by atoms with E-state index in [1.807, 2.05) is 41.5 Å². The molecule has 0 saturated heterocycles. The summed E-state index contributed by atoms with van der Waals surface area (Å²) >= 11 is 0. The quantitative estimate of drug-likeness (QED) is 0.522. The van der Waals surface area contributed by atoms with Crippen molar-refractivity contribution in [3.05, 3.63) is 34.9 Å². The molecular formula is C17H32. The van der Waals surface area contributed by atoms with Gasteiger partial charge < -0.3 is 0 Å². The van der Waals surface area contributed by atoms with Gasteiger partial charge in [-0.05, 0) is 49.3 Å². The summed E-state index contributed by atoms with van der Waals surface area (Å²) in [7, 11) is 0. The van der Waals surface area contributed by atoms with E-state index < -0.39 is 0 Å². The fourth-order valence-corrected chi connectivity index (χ4v) is 1.97. The molecule has 1 aromatic rings. The maximum absolute atomic E-state index is 2.28. The number of aryl methyl sites for hydroxylation is 2. The molecule has 1 aliphatic carbocycles. The molecule has 0 N–H and O–H groups in total. The topological polar surface area (TPSA) is 0 Å². The Morgan fingerprint density at radius 3 is 1.82 bits per heavy atom. The SMILES string of the molecule is CC.CC.CC.Cc1cccc2c1CCCC2. The van der Waals surface area contributed by atoms with E-state index in [2.05, 4.69) is 25.1 Å². The Morgan fingerprint density at radius 2 is 1.29 bits per heavy atom. The van der Waals surface area contributed by atoms with Crippen LogP contribution in [-0.4, -0.2) is 0 Å². The molecule has 17 heavy (non-hydrogen) atoms. The third-order valence-electron chi connectivity index (χ3n) is 2.63. The second kappa shape index (κ2) is 13.3. The number of hydrogen-bond donors (Lipinski definition) is 0. The Morgan fingerprint density at radius 1 is 0.765 bits per heavy atom. The molecular weight excluding hydrogens is 204 g/mol. The van der Waals surface area contributed by atoms with E-state index >= 15 is 0 Å². The summed E-state index contributed by atoms with van der Waals surface area (Å²) in [5, 5.41) is 0. The van der Waals surface area contributed by atoms with Gasteiger partial charge in [0.1, 0.15) is 0 Å². The van der Waals surface area contributed by atoms with Crippen LogP contribution in [-0.2, 0) is 12.8 Å². The van der Waals surface area contributed by atoms with Gasteiger partial charge in [-0.3, -0.25) is 0 Å². The third kappa shape index (κ3) is 6.51. The third-order valence-corrected chi connectivity index (χ3v) is 2.63. The van der Waals surface area contributed by atoms with Gasteiger partial charge in [-0.25, -0.2) is 0 Å². The average molecular weight is 236 g/mol. The molecule has 0 aromatic heterocycles. The van der Waals surface area contributed by atoms with Gasteiger partial charge in [-0.15, -0.1) is 0 Å². The van der Waals surface area contributed by atoms with Crippen LogP contribution in [0, 0.1) is 6.92 Å². The first-order valence-electron chi connectivity index (χ1n) is 7.45. The van der Waals surface area contributed by atoms with Gasteiger partial charge in [-0.2, -0.15) is 0 Å². The zero-order chi connectivity index (χ0) is 13.7. The fraction of sp³-hybridized carbons (Fsp3) is 0.647. The van der Waals surface area contributed by atoms with E-state index in [1.54, 1.807) is 11.1 Å². The maximum atomic E-state index is 2.28. The van der Waals surface area contributed by atoms with E-state index in [-0.39, 0.29) is 0 Å². The van der Waals surface area contributed by atoms with Gasteiger partial charge in [0.25, 0.3) is 0 Å². The van der Waals surface area contributed by atoms with Gasteiger partial charge in [0.2, 0.25) is 0 Å². The largest absolute Gasteiger partial charge is 0.0683 e. The molecule has 0 atom stereocenters. The minimum Gasteiger partial charge on any atom is -0.0683 e. The zero-order valence-electron chi connectivity index (χ0n) is 13.1. The van der Waals surface area contributed by atoms with Crippen molar-refractivity contribution in [1.29, 1.82) is 0 Å². The van der Waals surface area contributed by atoms with E-state index in [9.17, 15) is 0 Å². The normalized spacial score (nSPS) is 11.5. The van der Waals surface area contributed by atoms with E-state index in [0.717, 1.165) is 0 Å². The van der Waals surface area contributed by atoms with Crippen molar-refractivity contribution < 1.29 is 0 Å². The van der Waals surface area contributed by atoms with Crippen LogP contribution in [0.2, 0.25) is 0 Å². The monoisotopic (exact) mass is 236 g/mol. The lowest BCUT2D eigenvalue weighted by Gasteiger charge is -2.17. The first-order chi connectivity index (χ1) is 8.38. The van der Waals surface area contributed by atoms with Crippen LogP contribution in [0.1, 0.15) is 71.1 Å². The van der Waals surface area contributed by atoms with Crippen molar-refractivity contribution in [2.45, 2.75) is 74.1 Å².